The third-order valence-electron chi connectivity index (χ3n) is 12.2. The molecule has 8 heteroatoms. The van der Waals surface area contributed by atoms with Gasteiger partial charge >= 0.3 is 11.9 Å². The Kier molecular flexibility index (Phi) is 46.3. The van der Waals surface area contributed by atoms with E-state index in [1.54, 1.807) is 0 Å². The van der Waals surface area contributed by atoms with Gasteiger partial charge in [0.15, 0.2) is 0 Å². The van der Waals surface area contributed by atoms with Crippen LogP contribution in [0.4, 0.5) is 0 Å². The Morgan fingerprint density at radius 2 is 0.717 bits per heavy atom. The number of nitrogens with zero attached hydrogens (tertiary/aromatic N) is 2. The summed E-state index contributed by atoms with van der Waals surface area (Å²) in [5, 5.41) is 0. The maximum atomic E-state index is 12.4. The van der Waals surface area contributed by atoms with Crippen molar-refractivity contribution in [3.8, 4) is 0 Å². The number of carbonyl (C=O) groups excluding carboxylic acids is 2. The van der Waals surface area contributed by atoms with Crippen LogP contribution in [0.2, 0.25) is 0 Å². The molecule has 0 aromatic heterocycles. The molecular formula is C52H104N2O6. The molecule has 0 aliphatic heterocycles. The molecule has 0 heterocycles. The first-order valence-electron chi connectivity index (χ1n) is 26.2. The normalized spacial score (nSPS) is 11.8. The molecule has 0 saturated heterocycles. The molecule has 0 spiro atoms. The average Bonchev–Trinajstić information content (AvgIpc) is 3.23. The van der Waals surface area contributed by atoms with Gasteiger partial charge in [-0.25, -0.2) is 0 Å². The SMILES string of the molecule is CCCCCC(CCCCC)CCCOC(=O)CCCCCCCN(CCCCCCCC(=O)OCCCC(CCCCC)CCCCC)CCOCCOCCN(C)C. The summed E-state index contributed by atoms with van der Waals surface area (Å²) in [6, 6.07) is 0. The first-order chi connectivity index (χ1) is 29.4. The van der Waals surface area contributed by atoms with Gasteiger partial charge in [0, 0.05) is 25.9 Å². The van der Waals surface area contributed by atoms with Gasteiger partial charge < -0.3 is 28.7 Å². The van der Waals surface area contributed by atoms with Crippen molar-refractivity contribution in [2.45, 2.75) is 233 Å². The van der Waals surface area contributed by atoms with E-state index in [2.05, 4.69) is 51.6 Å². The third-order valence-corrected chi connectivity index (χ3v) is 12.2. The highest BCUT2D eigenvalue weighted by atomic mass is 16.5. The Hall–Kier alpha value is -1.22. The molecule has 0 aromatic rings. The fourth-order valence-electron chi connectivity index (χ4n) is 8.23. The first-order valence-corrected chi connectivity index (χ1v) is 26.2. The quantitative estimate of drug-likeness (QED) is 0.0442. The molecule has 0 amide bonds. The van der Waals surface area contributed by atoms with E-state index in [0.29, 0.717) is 39.3 Å². The van der Waals surface area contributed by atoms with Gasteiger partial charge in [-0.05, 0) is 90.4 Å². The molecule has 0 rings (SSSR count). The summed E-state index contributed by atoms with van der Waals surface area (Å²) in [5.41, 5.74) is 0. The summed E-state index contributed by atoms with van der Waals surface area (Å²) < 4.78 is 22.9. The Balaban J connectivity index is 4.30. The molecule has 0 unspecified atom stereocenters. The fraction of sp³-hybridized carbons (Fsp3) is 0.962. The standard InChI is InChI=1S/C52H104N2O6/c1-7-11-21-31-49(32-22-12-8-2)35-29-43-59-51(55)37-25-17-15-19-27-39-54(42-46-58-48-47-57-45-41-53(5)6)40-28-20-16-18-26-38-52(56)60-44-30-36-50(33-23-13-9-3)34-24-14-10-4/h49-50H,7-48H2,1-6H3. The van der Waals surface area contributed by atoms with E-state index in [-0.39, 0.29) is 11.9 Å². The van der Waals surface area contributed by atoms with Gasteiger partial charge in [-0.2, -0.15) is 0 Å². The van der Waals surface area contributed by atoms with E-state index in [4.69, 9.17) is 18.9 Å². The fourth-order valence-corrected chi connectivity index (χ4v) is 8.23. The largest absolute Gasteiger partial charge is 0.466 e. The maximum Gasteiger partial charge on any atom is 0.305 e. The van der Waals surface area contributed by atoms with Gasteiger partial charge in [0.1, 0.15) is 0 Å². The molecule has 60 heavy (non-hydrogen) atoms. The molecule has 0 saturated carbocycles. The number of ether oxygens (including phenoxy) is 4. The number of carbonyl (C=O) groups is 2. The van der Waals surface area contributed by atoms with E-state index in [0.717, 1.165) is 89.8 Å². The van der Waals surface area contributed by atoms with Crippen molar-refractivity contribution >= 4 is 11.9 Å². The summed E-state index contributed by atoms with van der Waals surface area (Å²) in [7, 11) is 4.12. The zero-order valence-corrected chi connectivity index (χ0v) is 41.2. The lowest BCUT2D eigenvalue weighted by Gasteiger charge is -2.22. The minimum atomic E-state index is -0.0115. The van der Waals surface area contributed by atoms with Crippen LogP contribution in [-0.4, -0.2) is 102 Å². The smallest absolute Gasteiger partial charge is 0.305 e. The molecule has 0 aliphatic carbocycles. The second kappa shape index (κ2) is 47.3. The van der Waals surface area contributed by atoms with Crippen molar-refractivity contribution in [3.63, 3.8) is 0 Å². The highest BCUT2D eigenvalue weighted by molar-refractivity contribution is 5.69. The molecule has 0 fully saturated rings. The number of esters is 2. The van der Waals surface area contributed by atoms with Crippen molar-refractivity contribution in [2.24, 2.45) is 11.8 Å². The molecule has 0 N–H and O–H groups in total. The number of unbranched alkanes of at least 4 members (excludes halogenated alkanes) is 16. The lowest BCUT2D eigenvalue weighted by molar-refractivity contribution is -0.144. The van der Waals surface area contributed by atoms with Crippen LogP contribution in [0.3, 0.4) is 0 Å². The minimum absolute atomic E-state index is 0.0115. The van der Waals surface area contributed by atoms with Gasteiger partial charge in [-0.3, -0.25) is 9.59 Å². The molecule has 0 aliphatic rings. The second-order valence-corrected chi connectivity index (χ2v) is 18.3. The monoisotopic (exact) mass is 853 g/mol. The Labute approximate surface area is 374 Å². The van der Waals surface area contributed by atoms with Crippen molar-refractivity contribution < 1.29 is 28.5 Å². The topological polar surface area (TPSA) is 77.5 Å². The van der Waals surface area contributed by atoms with Gasteiger partial charge in [0.05, 0.1) is 39.6 Å². The lowest BCUT2D eigenvalue weighted by atomic mass is 9.91. The Morgan fingerprint density at radius 1 is 0.367 bits per heavy atom. The van der Waals surface area contributed by atoms with Crippen LogP contribution in [0.25, 0.3) is 0 Å². The molecule has 8 nitrogen and oxygen atoms in total. The summed E-state index contributed by atoms with van der Waals surface area (Å²) in [4.78, 5) is 29.5. The zero-order valence-electron chi connectivity index (χ0n) is 41.2. The molecule has 0 radical (unpaired) electrons. The summed E-state index contributed by atoms with van der Waals surface area (Å²) in [6.07, 6.45) is 37.8. The second-order valence-electron chi connectivity index (χ2n) is 18.3. The van der Waals surface area contributed by atoms with E-state index in [1.807, 2.05) is 0 Å². The van der Waals surface area contributed by atoms with Crippen LogP contribution in [0, 0.1) is 11.8 Å². The first kappa shape index (κ1) is 58.8. The van der Waals surface area contributed by atoms with Crippen LogP contribution >= 0.6 is 0 Å². The molecule has 358 valence electrons. The Bertz CT molecular complexity index is 811. The van der Waals surface area contributed by atoms with Crippen LogP contribution in [0.15, 0.2) is 0 Å². The molecule has 0 atom stereocenters. The molecule has 0 bridgehead atoms. The number of hydrogen-bond donors (Lipinski definition) is 0. The van der Waals surface area contributed by atoms with E-state index < -0.39 is 0 Å². The van der Waals surface area contributed by atoms with Gasteiger partial charge in [-0.1, -0.05) is 169 Å². The van der Waals surface area contributed by atoms with Gasteiger partial charge in [0.25, 0.3) is 0 Å². The number of rotatable bonds is 49. The van der Waals surface area contributed by atoms with E-state index in [1.165, 1.54) is 154 Å². The number of hydrogen-bond acceptors (Lipinski definition) is 8. The maximum absolute atomic E-state index is 12.4. The van der Waals surface area contributed by atoms with E-state index in [9.17, 15) is 9.59 Å². The van der Waals surface area contributed by atoms with Gasteiger partial charge in [-0.15, -0.1) is 0 Å². The van der Waals surface area contributed by atoms with Crippen LogP contribution in [0.1, 0.15) is 233 Å². The minimum Gasteiger partial charge on any atom is -0.466 e. The van der Waals surface area contributed by atoms with E-state index >= 15 is 0 Å². The van der Waals surface area contributed by atoms with Crippen molar-refractivity contribution in [1.82, 2.24) is 9.80 Å². The summed E-state index contributed by atoms with van der Waals surface area (Å²) in [5.74, 6) is 1.58. The average molecular weight is 853 g/mol. The highest BCUT2D eigenvalue weighted by Crippen LogP contribution is 2.24. The molecular weight excluding hydrogens is 749 g/mol. The summed E-state index contributed by atoms with van der Waals surface area (Å²) >= 11 is 0. The predicted octanol–water partition coefficient (Wildman–Crippen LogP) is 13.8. The zero-order chi connectivity index (χ0) is 44.0. The number of likely N-dealkylation sites (N-methyl/N-ethyl adjacent to an activating group) is 1. The third kappa shape index (κ3) is 43.4. The lowest BCUT2D eigenvalue weighted by Crippen LogP contribution is -2.30. The Morgan fingerprint density at radius 3 is 1.10 bits per heavy atom. The van der Waals surface area contributed by atoms with Crippen LogP contribution in [0.5, 0.6) is 0 Å². The predicted molar refractivity (Wildman–Crippen MR) is 256 cm³/mol. The van der Waals surface area contributed by atoms with Crippen LogP contribution in [-0.2, 0) is 28.5 Å². The highest BCUT2D eigenvalue weighted by Gasteiger charge is 2.12. The van der Waals surface area contributed by atoms with Crippen LogP contribution < -0.4 is 0 Å². The van der Waals surface area contributed by atoms with Crippen molar-refractivity contribution in [1.29, 1.82) is 0 Å². The van der Waals surface area contributed by atoms with Gasteiger partial charge in [0.2, 0.25) is 0 Å². The molecule has 0 aromatic carbocycles. The van der Waals surface area contributed by atoms with Crippen molar-refractivity contribution in [2.75, 3.05) is 79.9 Å². The van der Waals surface area contributed by atoms with Crippen molar-refractivity contribution in [3.05, 3.63) is 0 Å². The summed E-state index contributed by atoms with van der Waals surface area (Å²) in [6.45, 7) is 17.1.